The fourth-order valence-electron chi connectivity index (χ4n) is 2.40. The zero-order valence-corrected chi connectivity index (χ0v) is 14.6. The van der Waals surface area contributed by atoms with Gasteiger partial charge in [-0.1, -0.05) is 12.1 Å². The van der Waals surface area contributed by atoms with Gasteiger partial charge >= 0.3 is 13.3 Å². The molecule has 0 unspecified atom stereocenters. The summed E-state index contributed by atoms with van der Waals surface area (Å²) < 4.78 is 50.2. The van der Waals surface area contributed by atoms with Crippen molar-refractivity contribution in [3.05, 3.63) is 40.4 Å². The molecule has 8 heteroatoms. The number of halogens is 3. The minimum atomic E-state index is -4.51. The highest BCUT2D eigenvalue weighted by Crippen LogP contribution is 2.39. The molecule has 1 aliphatic rings. The summed E-state index contributed by atoms with van der Waals surface area (Å²) in [7, 11) is -0.725. The summed E-state index contributed by atoms with van der Waals surface area (Å²) in [5, 5.41) is 0. The predicted molar refractivity (Wildman–Crippen MR) is 89.9 cm³/mol. The normalized spacial score (nSPS) is 20.0. The lowest BCUT2D eigenvalue weighted by molar-refractivity contribution is -0.137. The molecule has 1 saturated heterocycles. The van der Waals surface area contributed by atoms with Crippen LogP contribution in [0.4, 0.5) is 13.2 Å². The molecule has 0 atom stereocenters. The van der Waals surface area contributed by atoms with Gasteiger partial charge in [-0.25, -0.2) is 0 Å². The Kier molecular flexibility index (Phi) is 5.19. The van der Waals surface area contributed by atoms with E-state index in [1.54, 1.807) is 6.08 Å². The molecular formula is C17H21BF3NO3. The SMILES string of the molecule is CC1(C)OB(C(=Cc2ccc(C(F)(F)F)cc2C=O)CN)OC1(C)C. The lowest BCUT2D eigenvalue weighted by Gasteiger charge is -2.32. The molecule has 0 aliphatic carbocycles. The molecule has 0 amide bonds. The average Bonchev–Trinajstić information content (AvgIpc) is 2.71. The van der Waals surface area contributed by atoms with E-state index >= 15 is 0 Å². The van der Waals surface area contributed by atoms with Crippen LogP contribution < -0.4 is 5.73 Å². The van der Waals surface area contributed by atoms with Gasteiger partial charge in [0.2, 0.25) is 0 Å². The summed E-state index contributed by atoms with van der Waals surface area (Å²) in [4.78, 5) is 11.2. The minimum absolute atomic E-state index is 0.0720. The van der Waals surface area contributed by atoms with Crippen LogP contribution in [0.1, 0.15) is 49.2 Å². The van der Waals surface area contributed by atoms with Gasteiger partial charge in [-0.15, -0.1) is 0 Å². The molecule has 0 aromatic heterocycles. The average molecular weight is 355 g/mol. The number of hydrogen-bond donors (Lipinski definition) is 1. The first-order valence-corrected chi connectivity index (χ1v) is 7.84. The lowest BCUT2D eigenvalue weighted by Crippen LogP contribution is -2.41. The first-order chi connectivity index (χ1) is 11.4. The van der Waals surface area contributed by atoms with E-state index in [9.17, 15) is 18.0 Å². The summed E-state index contributed by atoms with van der Waals surface area (Å²) in [6.45, 7) is 7.62. The van der Waals surface area contributed by atoms with Gasteiger partial charge in [0.1, 0.15) is 0 Å². The number of hydrogen-bond acceptors (Lipinski definition) is 4. The Morgan fingerprint density at radius 2 is 1.72 bits per heavy atom. The third kappa shape index (κ3) is 3.97. The van der Waals surface area contributed by atoms with Gasteiger partial charge in [0, 0.05) is 12.1 Å². The molecule has 136 valence electrons. The Bertz CT molecular complexity index is 683. The maximum atomic E-state index is 12.8. The van der Waals surface area contributed by atoms with Gasteiger partial charge in [0.15, 0.2) is 6.29 Å². The Morgan fingerprint density at radius 1 is 1.16 bits per heavy atom. The van der Waals surface area contributed by atoms with Crippen LogP contribution in [-0.2, 0) is 15.5 Å². The number of aldehydes is 1. The summed E-state index contributed by atoms with van der Waals surface area (Å²) in [6, 6.07) is 2.99. The third-order valence-corrected chi connectivity index (χ3v) is 4.67. The lowest BCUT2D eigenvalue weighted by atomic mass is 9.76. The Hall–Kier alpha value is -1.64. The molecule has 1 fully saturated rings. The highest BCUT2D eigenvalue weighted by Gasteiger charge is 2.52. The van der Waals surface area contributed by atoms with Gasteiger partial charge in [-0.2, -0.15) is 13.2 Å². The maximum Gasteiger partial charge on any atom is 0.491 e. The van der Waals surface area contributed by atoms with Crippen molar-refractivity contribution in [1.29, 1.82) is 0 Å². The summed E-state index contributed by atoms with van der Waals surface area (Å²) in [5.74, 6) is 0. The minimum Gasteiger partial charge on any atom is -0.400 e. The van der Waals surface area contributed by atoms with Crippen molar-refractivity contribution >= 4 is 19.5 Å². The number of alkyl halides is 3. The van der Waals surface area contributed by atoms with Gasteiger partial charge < -0.3 is 15.0 Å². The second kappa shape index (κ2) is 6.59. The summed E-state index contributed by atoms with van der Waals surface area (Å²) >= 11 is 0. The molecule has 25 heavy (non-hydrogen) atoms. The van der Waals surface area contributed by atoms with Crippen molar-refractivity contribution in [1.82, 2.24) is 0 Å². The second-order valence-corrected chi connectivity index (χ2v) is 6.97. The fourth-order valence-corrected chi connectivity index (χ4v) is 2.40. The number of carbonyl (C=O) groups is 1. The molecule has 0 radical (unpaired) electrons. The molecule has 1 aromatic rings. The number of benzene rings is 1. The third-order valence-electron chi connectivity index (χ3n) is 4.67. The van der Waals surface area contributed by atoms with E-state index in [4.69, 9.17) is 15.0 Å². The van der Waals surface area contributed by atoms with Crippen molar-refractivity contribution < 1.29 is 27.3 Å². The van der Waals surface area contributed by atoms with Gasteiger partial charge in [0.05, 0.1) is 16.8 Å². The Morgan fingerprint density at radius 3 is 2.16 bits per heavy atom. The predicted octanol–water partition coefficient (Wildman–Crippen LogP) is 3.49. The first-order valence-electron chi connectivity index (χ1n) is 7.84. The van der Waals surface area contributed by atoms with Crippen molar-refractivity contribution in [2.75, 3.05) is 6.54 Å². The molecule has 0 bridgehead atoms. The van der Waals surface area contributed by atoms with Crippen LogP contribution in [0.3, 0.4) is 0 Å². The number of rotatable bonds is 4. The molecule has 0 spiro atoms. The molecule has 2 rings (SSSR count). The van der Waals surface area contributed by atoms with Crippen LogP contribution in [0.25, 0.3) is 6.08 Å². The van der Waals surface area contributed by atoms with Crippen molar-refractivity contribution in [2.45, 2.75) is 45.1 Å². The van der Waals surface area contributed by atoms with Crippen LogP contribution in [0.5, 0.6) is 0 Å². The van der Waals surface area contributed by atoms with Crippen LogP contribution in [0, 0.1) is 0 Å². The zero-order chi connectivity index (χ0) is 19.0. The monoisotopic (exact) mass is 355 g/mol. The van der Waals surface area contributed by atoms with Crippen LogP contribution in [-0.4, -0.2) is 31.2 Å². The van der Waals surface area contributed by atoms with Gasteiger partial charge in [-0.3, -0.25) is 4.79 Å². The molecule has 1 heterocycles. The van der Waals surface area contributed by atoms with Crippen molar-refractivity contribution in [3.8, 4) is 0 Å². The molecule has 4 nitrogen and oxygen atoms in total. The second-order valence-electron chi connectivity index (χ2n) is 6.97. The summed E-state index contributed by atoms with van der Waals surface area (Å²) in [5.41, 5.74) is 4.56. The maximum absolute atomic E-state index is 12.8. The molecular weight excluding hydrogens is 334 g/mol. The largest absolute Gasteiger partial charge is 0.491 e. The van der Waals surface area contributed by atoms with Crippen LogP contribution in [0.15, 0.2) is 23.7 Å². The van der Waals surface area contributed by atoms with E-state index < -0.39 is 30.1 Å². The number of carbonyl (C=O) groups excluding carboxylic acids is 1. The van der Waals surface area contributed by atoms with Crippen molar-refractivity contribution in [3.63, 3.8) is 0 Å². The van der Waals surface area contributed by atoms with Gasteiger partial charge in [0.25, 0.3) is 0 Å². The van der Waals surface area contributed by atoms with E-state index in [1.807, 2.05) is 27.7 Å². The molecule has 2 N–H and O–H groups in total. The quantitative estimate of drug-likeness (QED) is 0.664. The van der Waals surface area contributed by atoms with Gasteiger partial charge in [-0.05, 0) is 50.9 Å². The Balaban J connectivity index is 2.39. The van der Waals surface area contributed by atoms with E-state index in [0.29, 0.717) is 17.3 Å². The van der Waals surface area contributed by atoms with E-state index in [1.165, 1.54) is 6.07 Å². The fraction of sp³-hybridized carbons (Fsp3) is 0.471. The van der Waals surface area contributed by atoms with E-state index in [2.05, 4.69) is 0 Å². The highest BCUT2D eigenvalue weighted by atomic mass is 19.4. The van der Waals surface area contributed by atoms with Crippen LogP contribution >= 0.6 is 0 Å². The standard InChI is InChI=1S/C17H21BF3NO3/c1-15(2)16(3,4)25-18(24-15)14(9-22)8-11-5-6-13(17(19,20)21)7-12(11)10-23/h5-8,10H,9,22H2,1-4H3. The van der Waals surface area contributed by atoms with Crippen molar-refractivity contribution in [2.24, 2.45) is 5.73 Å². The topological polar surface area (TPSA) is 61.5 Å². The van der Waals surface area contributed by atoms with Crippen LogP contribution in [0.2, 0.25) is 0 Å². The van der Waals surface area contributed by atoms with E-state index in [0.717, 1.165) is 12.1 Å². The smallest absolute Gasteiger partial charge is 0.400 e. The first kappa shape index (κ1) is 19.7. The zero-order valence-electron chi connectivity index (χ0n) is 14.6. The Labute approximate surface area is 145 Å². The number of nitrogens with two attached hydrogens (primary N) is 1. The molecule has 0 saturated carbocycles. The highest BCUT2D eigenvalue weighted by molar-refractivity contribution is 6.56. The van der Waals surface area contributed by atoms with E-state index in [-0.39, 0.29) is 12.1 Å². The molecule has 1 aliphatic heterocycles. The summed E-state index contributed by atoms with van der Waals surface area (Å²) in [6.07, 6.45) is -2.58. The molecule has 1 aromatic carbocycles.